The average Bonchev–Trinajstić information content (AvgIpc) is 3.09. The largest absolute Gasteiger partial charge is 0.462 e. The third-order valence-corrected chi connectivity index (χ3v) is 2.23. The lowest BCUT2D eigenvalue weighted by Gasteiger charge is -2.01. The summed E-state index contributed by atoms with van der Waals surface area (Å²) < 4.78 is 18.6. The van der Waals surface area contributed by atoms with Gasteiger partial charge in [0.2, 0.25) is 5.57 Å². The quantitative estimate of drug-likeness (QED) is 0.214. The Kier molecular flexibility index (Phi) is 21.5. The molecular formula is C16H22Cl2N2O7. The molecule has 9 nitrogen and oxygen atoms in total. The minimum Gasteiger partial charge on any atom is -0.462 e. The highest BCUT2D eigenvalue weighted by Crippen LogP contribution is 2.14. The lowest BCUT2D eigenvalue weighted by molar-refractivity contribution is -0.138. The van der Waals surface area contributed by atoms with Crippen LogP contribution in [0.1, 0.15) is 27.7 Å². The zero-order valence-corrected chi connectivity index (χ0v) is 15.8. The fraction of sp³-hybridized carbons (Fsp3) is 0.562. The van der Waals surface area contributed by atoms with Crippen molar-refractivity contribution < 1.29 is 33.3 Å². The van der Waals surface area contributed by atoms with Crippen LogP contribution in [-0.4, -0.2) is 49.5 Å². The third kappa shape index (κ3) is 18.1. The van der Waals surface area contributed by atoms with Gasteiger partial charge in [0, 0.05) is 11.6 Å². The fourth-order valence-electron chi connectivity index (χ4n) is 1.06. The van der Waals surface area contributed by atoms with E-state index >= 15 is 0 Å². The van der Waals surface area contributed by atoms with E-state index in [1.165, 1.54) is 6.92 Å². The van der Waals surface area contributed by atoms with Crippen LogP contribution < -0.4 is 0 Å². The lowest BCUT2D eigenvalue weighted by Crippen LogP contribution is -2.09. The molecule has 0 spiro atoms. The smallest absolute Gasteiger partial charge is 0.403 e. The summed E-state index contributed by atoms with van der Waals surface area (Å²) in [5.41, 5.74) is -1.01. The third-order valence-electron chi connectivity index (χ3n) is 1.97. The van der Waals surface area contributed by atoms with Crippen molar-refractivity contribution in [1.29, 1.82) is 10.5 Å². The van der Waals surface area contributed by atoms with Gasteiger partial charge in [-0.3, -0.25) is 4.79 Å². The van der Waals surface area contributed by atoms with Crippen molar-refractivity contribution in [3.05, 3.63) is 11.5 Å². The molecule has 1 rings (SSSR count). The molecule has 1 aliphatic heterocycles. The number of nitrogens with zero attached hydrogens (tertiary/aromatic N) is 2. The second-order valence-corrected chi connectivity index (χ2v) is 4.69. The normalized spacial score (nSPS) is 10.4. The van der Waals surface area contributed by atoms with E-state index in [0.717, 1.165) is 0 Å². The number of Topliss-reactive ketones (excluding diaryl/α,β-unsaturated/α-hetero) is 1. The number of ether oxygens (including phenoxy) is 4. The van der Waals surface area contributed by atoms with Crippen molar-refractivity contribution in [2.75, 3.05) is 32.3 Å². The van der Waals surface area contributed by atoms with E-state index in [-0.39, 0.29) is 44.4 Å². The molecule has 27 heavy (non-hydrogen) atoms. The lowest BCUT2D eigenvalue weighted by atomic mass is 10.3. The van der Waals surface area contributed by atoms with Crippen molar-refractivity contribution in [3.63, 3.8) is 0 Å². The number of nitriles is 2. The van der Waals surface area contributed by atoms with E-state index in [2.05, 4.69) is 9.47 Å². The molecule has 0 unspecified atom stereocenters. The number of alkyl halides is 1. The summed E-state index contributed by atoms with van der Waals surface area (Å²) in [5.74, 6) is -0.515. The molecule has 1 heterocycles. The molecule has 0 aromatic heterocycles. The maximum atomic E-state index is 11.1. The first-order chi connectivity index (χ1) is 12.3. The number of esters is 1. The van der Waals surface area contributed by atoms with Gasteiger partial charge in [-0.05, 0) is 13.8 Å². The van der Waals surface area contributed by atoms with Gasteiger partial charge in [0.25, 0.3) is 0 Å². The van der Waals surface area contributed by atoms with Gasteiger partial charge in [0.15, 0.2) is 0 Å². The molecule has 0 aromatic rings. The van der Waals surface area contributed by atoms with Gasteiger partial charge in [-0.25, -0.2) is 9.59 Å². The molecule has 0 radical (unpaired) electrons. The van der Waals surface area contributed by atoms with E-state index in [0.29, 0.717) is 19.1 Å². The summed E-state index contributed by atoms with van der Waals surface area (Å²) in [7, 11) is 0. The minimum atomic E-state index is -0.805. The first-order valence-corrected chi connectivity index (χ1v) is 8.06. The number of halogens is 2. The number of ketones is 1. The Morgan fingerprint density at radius 3 is 2.00 bits per heavy atom. The van der Waals surface area contributed by atoms with Crippen molar-refractivity contribution in [2.24, 2.45) is 0 Å². The Hall–Kier alpha value is -2.49. The van der Waals surface area contributed by atoms with Crippen LogP contribution >= 0.6 is 23.2 Å². The van der Waals surface area contributed by atoms with Crippen LogP contribution in [0.4, 0.5) is 4.79 Å². The van der Waals surface area contributed by atoms with Gasteiger partial charge in [-0.1, -0.05) is 7.43 Å². The molecule has 0 aliphatic carbocycles. The summed E-state index contributed by atoms with van der Waals surface area (Å²) in [4.78, 5) is 30.6. The van der Waals surface area contributed by atoms with E-state index < -0.39 is 11.4 Å². The summed E-state index contributed by atoms with van der Waals surface area (Å²) in [6.07, 6.45) is 0.0417. The van der Waals surface area contributed by atoms with E-state index in [1.54, 1.807) is 19.1 Å². The molecular weight excluding hydrogens is 403 g/mol. The summed E-state index contributed by atoms with van der Waals surface area (Å²) in [6, 6.07) is 3.40. The van der Waals surface area contributed by atoms with Gasteiger partial charge >= 0.3 is 17.3 Å². The van der Waals surface area contributed by atoms with Crippen molar-refractivity contribution >= 4 is 40.4 Å². The molecule has 1 saturated heterocycles. The van der Waals surface area contributed by atoms with Gasteiger partial charge < -0.3 is 18.9 Å². The molecule has 0 N–H and O–H groups in total. The number of hydrogen-bond acceptors (Lipinski definition) is 9. The summed E-state index contributed by atoms with van der Waals surface area (Å²) in [5, 5.41) is 16.4. The Bertz CT molecular complexity index is 572. The first kappa shape index (κ1) is 29.3. The molecule has 1 aliphatic rings. The molecule has 1 fully saturated rings. The standard InChI is InChI=1S/C8H9NO4.C4H5NO.C3H4Cl2O2.CH4/c1-2-11-7(10)6(5-9)8-12-3-4-13-8;1-4(6)2-3-5;4-1-2-7-3(5)6;/h2-4H2,1H3;2H2,1H3;1-2H2;1H4. The Labute approximate surface area is 168 Å². The Morgan fingerprint density at radius 2 is 1.74 bits per heavy atom. The number of hydrogen-bond donors (Lipinski definition) is 0. The van der Waals surface area contributed by atoms with Crippen LogP contribution in [-0.2, 0) is 28.5 Å². The molecule has 0 bridgehead atoms. The predicted octanol–water partition coefficient (Wildman–Crippen LogP) is 3.06. The highest BCUT2D eigenvalue weighted by Gasteiger charge is 2.22. The zero-order valence-electron chi connectivity index (χ0n) is 14.3. The molecule has 0 amide bonds. The monoisotopic (exact) mass is 424 g/mol. The van der Waals surface area contributed by atoms with Gasteiger partial charge in [0.05, 0.1) is 25.0 Å². The molecule has 152 valence electrons. The second-order valence-electron chi connectivity index (χ2n) is 4.00. The summed E-state index contributed by atoms with van der Waals surface area (Å²) >= 11 is 9.85. The number of rotatable bonds is 5. The second kappa shape index (κ2) is 19.8. The van der Waals surface area contributed by atoms with Crippen LogP contribution in [0.5, 0.6) is 0 Å². The van der Waals surface area contributed by atoms with Crippen molar-refractivity contribution in [1.82, 2.24) is 0 Å². The topological polar surface area (TPSA) is 136 Å². The molecule has 0 atom stereocenters. The van der Waals surface area contributed by atoms with Crippen LogP contribution in [0.2, 0.25) is 0 Å². The van der Waals surface area contributed by atoms with Gasteiger partial charge in [-0.2, -0.15) is 10.5 Å². The predicted molar refractivity (Wildman–Crippen MR) is 96.7 cm³/mol. The SMILES string of the molecule is C.CC(=O)CC#N.CCOC(=O)C(C#N)=C1OCCO1.O=C(Cl)OCCCl. The Morgan fingerprint density at radius 1 is 1.19 bits per heavy atom. The fourth-order valence-corrected chi connectivity index (χ4v) is 1.22. The maximum Gasteiger partial charge on any atom is 0.403 e. The van der Waals surface area contributed by atoms with Crippen molar-refractivity contribution in [2.45, 2.75) is 27.7 Å². The maximum absolute atomic E-state index is 11.1. The zero-order chi connectivity index (χ0) is 20.4. The number of carbonyl (C=O) groups is 3. The van der Waals surface area contributed by atoms with Gasteiger partial charge in [0.1, 0.15) is 31.7 Å². The van der Waals surface area contributed by atoms with E-state index in [4.69, 9.17) is 43.2 Å². The van der Waals surface area contributed by atoms with Crippen LogP contribution in [0.15, 0.2) is 11.5 Å². The first-order valence-electron chi connectivity index (χ1n) is 7.15. The van der Waals surface area contributed by atoms with Crippen LogP contribution in [0, 0.1) is 22.7 Å². The molecule has 11 heteroatoms. The molecule has 0 saturated carbocycles. The average molecular weight is 425 g/mol. The summed E-state index contributed by atoms with van der Waals surface area (Å²) in [6.45, 7) is 4.18. The number of carbonyl (C=O) groups excluding carboxylic acids is 3. The van der Waals surface area contributed by atoms with Crippen LogP contribution in [0.3, 0.4) is 0 Å². The van der Waals surface area contributed by atoms with Gasteiger partial charge in [-0.15, -0.1) is 11.6 Å². The minimum absolute atomic E-state index is 0. The van der Waals surface area contributed by atoms with E-state index in [9.17, 15) is 14.4 Å². The van der Waals surface area contributed by atoms with Crippen molar-refractivity contribution in [3.8, 4) is 12.1 Å². The van der Waals surface area contributed by atoms with Crippen LogP contribution in [0.25, 0.3) is 0 Å². The highest BCUT2D eigenvalue weighted by atomic mass is 35.5. The molecule has 0 aromatic carbocycles. The van der Waals surface area contributed by atoms with E-state index in [1.807, 2.05) is 0 Å². The highest BCUT2D eigenvalue weighted by molar-refractivity contribution is 6.61. The Balaban J connectivity index is -0.000000352.